The Balaban J connectivity index is 1.15. The van der Waals surface area contributed by atoms with E-state index in [1.54, 1.807) is 12.1 Å². The molecule has 44 heavy (non-hydrogen) atoms. The first-order valence-corrected chi connectivity index (χ1v) is 17.3. The second-order valence-corrected chi connectivity index (χ2v) is 14.3. The van der Waals surface area contributed by atoms with E-state index in [4.69, 9.17) is 11.6 Å². The lowest BCUT2D eigenvalue weighted by molar-refractivity contribution is -0.137. The third kappa shape index (κ3) is 6.78. The molecule has 2 atom stereocenters. The number of carbonyl (C=O) groups is 2. The van der Waals surface area contributed by atoms with E-state index in [1.165, 1.54) is 21.7 Å². The molecule has 0 spiro atoms. The Morgan fingerprint density at radius 3 is 2.36 bits per heavy atom. The maximum Gasteiger partial charge on any atom is 0.245 e. The molecule has 0 unspecified atom stereocenters. The zero-order chi connectivity index (χ0) is 30.8. The predicted octanol–water partition coefficient (Wildman–Crippen LogP) is 2.75. The van der Waals surface area contributed by atoms with Gasteiger partial charge in [0, 0.05) is 62.9 Å². The van der Waals surface area contributed by atoms with Crippen molar-refractivity contribution in [3.8, 4) is 0 Å². The van der Waals surface area contributed by atoms with Gasteiger partial charge in [0.2, 0.25) is 21.8 Å². The molecule has 11 heteroatoms. The van der Waals surface area contributed by atoms with Crippen LogP contribution < -0.4 is 15.5 Å². The molecule has 232 valence electrons. The van der Waals surface area contributed by atoms with Crippen LogP contribution in [0.25, 0.3) is 0 Å². The van der Waals surface area contributed by atoms with Crippen molar-refractivity contribution in [1.29, 1.82) is 0 Å². The maximum absolute atomic E-state index is 14.0. The first-order chi connectivity index (χ1) is 21.2. The number of sulfonamides is 1. The van der Waals surface area contributed by atoms with Crippen LogP contribution in [0.1, 0.15) is 27.8 Å². The summed E-state index contributed by atoms with van der Waals surface area (Å²) in [6, 6.07) is 20.5. The first kappa shape index (κ1) is 30.6. The molecule has 0 saturated carbocycles. The lowest BCUT2D eigenvalue weighted by atomic mass is 9.95. The van der Waals surface area contributed by atoms with Crippen molar-refractivity contribution in [2.45, 2.75) is 44.4 Å². The Bertz CT molecular complexity index is 1640. The number of fused-ring (bicyclic) bond motifs is 2. The van der Waals surface area contributed by atoms with Crippen molar-refractivity contribution in [2.24, 2.45) is 0 Å². The fourth-order valence-electron chi connectivity index (χ4n) is 6.47. The monoisotopic (exact) mass is 635 g/mol. The van der Waals surface area contributed by atoms with Crippen LogP contribution in [0.4, 0.5) is 5.69 Å². The van der Waals surface area contributed by atoms with Gasteiger partial charge in [-0.3, -0.25) is 9.59 Å². The molecular formula is C33H38ClN5O4S. The number of rotatable bonds is 7. The molecule has 2 amide bonds. The van der Waals surface area contributed by atoms with Gasteiger partial charge in [0.05, 0.1) is 12.3 Å². The smallest absolute Gasteiger partial charge is 0.245 e. The number of hydrogen-bond donors (Lipinski definition) is 2. The molecule has 0 aromatic heterocycles. The van der Waals surface area contributed by atoms with Crippen LogP contribution in [0.2, 0.25) is 5.02 Å². The number of carbonyl (C=O) groups excluding carboxylic acids is 2. The maximum atomic E-state index is 14.0. The fourth-order valence-corrected chi connectivity index (χ4v) is 7.39. The Kier molecular flexibility index (Phi) is 8.96. The second-order valence-electron chi connectivity index (χ2n) is 11.9. The standard InChI is InChI=1S/C33H38ClN5O4S/c1-44(42,43)39-14-13-24-7-4-8-31(28(24)22-39)37-15-17-38(18-16-37)33(41)30(19-23-9-11-27(34)12-10-23)36-32(40)29-20-25-5-2-3-6-26(25)21-35-29/h2-12,29-30,35H,13-22H2,1H3,(H,36,40)/t29-,30-/m1/s1. The summed E-state index contributed by atoms with van der Waals surface area (Å²) in [4.78, 5) is 31.6. The van der Waals surface area contributed by atoms with Gasteiger partial charge in [-0.15, -0.1) is 0 Å². The Hall–Kier alpha value is -3.44. The van der Waals surface area contributed by atoms with Gasteiger partial charge >= 0.3 is 0 Å². The lowest BCUT2D eigenvalue weighted by Gasteiger charge is -2.40. The fraction of sp³-hybridized carbons (Fsp3) is 0.394. The summed E-state index contributed by atoms with van der Waals surface area (Å²) < 4.78 is 26.1. The van der Waals surface area contributed by atoms with E-state index >= 15 is 0 Å². The van der Waals surface area contributed by atoms with Crippen LogP contribution in [-0.4, -0.2) is 80.5 Å². The highest BCUT2D eigenvalue weighted by Gasteiger charge is 2.33. The molecule has 3 aromatic carbocycles. The average molecular weight is 636 g/mol. The second kappa shape index (κ2) is 12.9. The predicted molar refractivity (Wildman–Crippen MR) is 172 cm³/mol. The van der Waals surface area contributed by atoms with Gasteiger partial charge in [-0.25, -0.2) is 8.42 Å². The molecule has 0 bridgehead atoms. The van der Waals surface area contributed by atoms with Crippen molar-refractivity contribution in [1.82, 2.24) is 19.8 Å². The minimum atomic E-state index is -3.29. The zero-order valence-electron chi connectivity index (χ0n) is 24.8. The van der Waals surface area contributed by atoms with Crippen molar-refractivity contribution in [3.63, 3.8) is 0 Å². The van der Waals surface area contributed by atoms with E-state index in [0.717, 1.165) is 22.4 Å². The van der Waals surface area contributed by atoms with Gasteiger partial charge in [0.15, 0.2) is 0 Å². The Labute approximate surface area is 264 Å². The number of piperazine rings is 1. The molecular weight excluding hydrogens is 598 g/mol. The van der Waals surface area contributed by atoms with Crippen molar-refractivity contribution >= 4 is 39.1 Å². The van der Waals surface area contributed by atoms with Crippen LogP contribution >= 0.6 is 11.6 Å². The Morgan fingerprint density at radius 2 is 1.64 bits per heavy atom. The highest BCUT2D eigenvalue weighted by atomic mass is 35.5. The molecule has 3 aromatic rings. The number of nitrogens with zero attached hydrogens (tertiary/aromatic N) is 3. The molecule has 1 saturated heterocycles. The largest absolute Gasteiger partial charge is 0.368 e. The molecule has 9 nitrogen and oxygen atoms in total. The van der Waals surface area contributed by atoms with Gasteiger partial charge in [-0.1, -0.05) is 60.1 Å². The number of benzene rings is 3. The average Bonchev–Trinajstić information content (AvgIpc) is 3.04. The molecule has 3 heterocycles. The third-order valence-electron chi connectivity index (χ3n) is 8.98. The molecule has 0 radical (unpaired) electrons. The van der Waals surface area contributed by atoms with E-state index in [1.807, 2.05) is 41.3 Å². The number of anilines is 1. The number of halogens is 1. The summed E-state index contributed by atoms with van der Waals surface area (Å²) in [6.07, 6.45) is 2.87. The van der Waals surface area contributed by atoms with Crippen LogP contribution in [0, 0.1) is 0 Å². The summed E-state index contributed by atoms with van der Waals surface area (Å²) >= 11 is 6.11. The van der Waals surface area contributed by atoms with E-state index in [-0.39, 0.29) is 11.8 Å². The van der Waals surface area contributed by atoms with Crippen molar-refractivity contribution < 1.29 is 18.0 Å². The molecule has 3 aliphatic rings. The van der Waals surface area contributed by atoms with Gasteiger partial charge in [-0.2, -0.15) is 4.31 Å². The van der Waals surface area contributed by atoms with Gasteiger partial charge in [0.25, 0.3) is 0 Å². The minimum absolute atomic E-state index is 0.109. The summed E-state index contributed by atoms with van der Waals surface area (Å²) in [6.45, 7) is 3.69. The van der Waals surface area contributed by atoms with E-state index in [9.17, 15) is 18.0 Å². The number of amides is 2. The molecule has 1 fully saturated rings. The van der Waals surface area contributed by atoms with E-state index < -0.39 is 22.1 Å². The number of hydrogen-bond acceptors (Lipinski definition) is 6. The topological polar surface area (TPSA) is 102 Å². The van der Waals surface area contributed by atoms with Gasteiger partial charge in [0.1, 0.15) is 6.04 Å². The van der Waals surface area contributed by atoms with Crippen molar-refractivity contribution in [2.75, 3.05) is 43.9 Å². The first-order valence-electron chi connectivity index (χ1n) is 15.1. The normalized spacial score (nSPS) is 19.5. The summed E-state index contributed by atoms with van der Waals surface area (Å²) in [5.41, 5.74) is 6.49. The minimum Gasteiger partial charge on any atom is -0.368 e. The quantitative estimate of drug-likeness (QED) is 0.414. The Morgan fingerprint density at radius 1 is 0.932 bits per heavy atom. The third-order valence-corrected chi connectivity index (χ3v) is 10.5. The number of nitrogens with one attached hydrogen (secondary N) is 2. The molecule has 0 aliphatic carbocycles. The van der Waals surface area contributed by atoms with Gasteiger partial charge in [-0.05, 0) is 58.9 Å². The molecule has 6 rings (SSSR count). The zero-order valence-corrected chi connectivity index (χ0v) is 26.4. The van der Waals surface area contributed by atoms with Crippen LogP contribution in [0.15, 0.2) is 66.7 Å². The van der Waals surface area contributed by atoms with E-state index in [0.29, 0.717) is 70.1 Å². The highest BCUT2D eigenvalue weighted by molar-refractivity contribution is 7.88. The van der Waals surface area contributed by atoms with Crippen LogP contribution in [0.5, 0.6) is 0 Å². The highest BCUT2D eigenvalue weighted by Crippen LogP contribution is 2.31. The summed E-state index contributed by atoms with van der Waals surface area (Å²) in [7, 11) is -3.29. The molecule has 3 aliphatic heterocycles. The summed E-state index contributed by atoms with van der Waals surface area (Å²) in [5.74, 6) is -0.292. The SMILES string of the molecule is CS(=O)(=O)N1CCc2cccc(N3CCN(C(=O)[C@@H](Cc4ccc(Cl)cc4)NC(=O)[C@H]4Cc5ccccc5CN4)CC3)c2C1. The van der Waals surface area contributed by atoms with Crippen LogP contribution in [-0.2, 0) is 52.0 Å². The van der Waals surface area contributed by atoms with Crippen molar-refractivity contribution in [3.05, 3.63) is 99.6 Å². The van der Waals surface area contributed by atoms with E-state index in [2.05, 4.69) is 33.7 Å². The van der Waals surface area contributed by atoms with Gasteiger partial charge < -0.3 is 20.4 Å². The summed E-state index contributed by atoms with van der Waals surface area (Å²) in [5, 5.41) is 7.02. The lowest BCUT2D eigenvalue weighted by Crippen LogP contribution is -2.58. The van der Waals surface area contributed by atoms with Crippen LogP contribution in [0.3, 0.4) is 0 Å². The molecule has 2 N–H and O–H groups in total.